The molecule has 0 saturated heterocycles. The molecular formula is C15H23IO3. The van der Waals surface area contributed by atoms with Gasteiger partial charge in [-0.15, -0.1) is 0 Å². The Labute approximate surface area is 129 Å². The molecule has 0 heterocycles. The topological polar surface area (TPSA) is 27.7 Å². The molecule has 0 amide bonds. The lowest BCUT2D eigenvalue weighted by Gasteiger charge is -2.16. The lowest BCUT2D eigenvalue weighted by molar-refractivity contribution is 0.00818. The van der Waals surface area contributed by atoms with E-state index >= 15 is 0 Å². The predicted molar refractivity (Wildman–Crippen MR) is 86.2 cm³/mol. The van der Waals surface area contributed by atoms with E-state index in [1.54, 1.807) is 7.11 Å². The third-order valence-corrected chi connectivity index (χ3v) is 3.43. The van der Waals surface area contributed by atoms with Crippen LogP contribution in [0.1, 0.15) is 25.5 Å². The van der Waals surface area contributed by atoms with Gasteiger partial charge in [0.1, 0.15) is 5.75 Å². The van der Waals surface area contributed by atoms with Crippen molar-refractivity contribution >= 4 is 22.6 Å². The average molecular weight is 378 g/mol. The smallest absolute Gasteiger partial charge is 0.118 e. The second kappa shape index (κ2) is 9.55. The maximum Gasteiger partial charge on any atom is 0.118 e. The minimum absolute atomic E-state index is 0.120. The highest BCUT2D eigenvalue weighted by atomic mass is 127. The fourth-order valence-electron chi connectivity index (χ4n) is 1.62. The van der Waals surface area contributed by atoms with Crippen LogP contribution < -0.4 is 4.74 Å². The summed E-state index contributed by atoms with van der Waals surface area (Å²) in [4.78, 5) is 0. The first-order valence-electron chi connectivity index (χ1n) is 6.56. The Morgan fingerprint density at radius 3 is 2.32 bits per heavy atom. The molecule has 0 aliphatic heterocycles. The van der Waals surface area contributed by atoms with Crippen LogP contribution in [0.25, 0.3) is 0 Å². The molecule has 0 N–H and O–H groups in total. The molecule has 1 aromatic rings. The molecule has 0 saturated carbocycles. The molecule has 0 aliphatic rings. The van der Waals surface area contributed by atoms with Crippen LogP contribution in [-0.4, -0.2) is 31.4 Å². The summed E-state index contributed by atoms with van der Waals surface area (Å²) in [7, 11) is 1.67. The Kier molecular flexibility index (Phi) is 8.41. The van der Waals surface area contributed by atoms with E-state index in [2.05, 4.69) is 48.6 Å². The summed E-state index contributed by atoms with van der Waals surface area (Å²) >= 11 is 2.35. The zero-order valence-electron chi connectivity index (χ0n) is 11.9. The number of benzene rings is 1. The van der Waals surface area contributed by atoms with E-state index in [9.17, 15) is 0 Å². The highest BCUT2D eigenvalue weighted by Gasteiger charge is 2.10. The van der Waals surface area contributed by atoms with E-state index < -0.39 is 0 Å². The molecule has 0 bridgehead atoms. The number of hydrogen-bond donors (Lipinski definition) is 0. The highest BCUT2D eigenvalue weighted by molar-refractivity contribution is 14.1. The van der Waals surface area contributed by atoms with Gasteiger partial charge in [-0.25, -0.2) is 0 Å². The molecule has 0 aromatic heterocycles. The maximum absolute atomic E-state index is 5.86. The second-order valence-corrected chi connectivity index (χ2v) is 5.64. The van der Waals surface area contributed by atoms with Crippen molar-refractivity contribution in [2.75, 3.05) is 31.4 Å². The molecule has 1 aromatic carbocycles. The quantitative estimate of drug-likeness (QED) is 0.371. The molecule has 1 rings (SSSR count). The predicted octanol–water partition coefficient (Wildman–Crippen LogP) is 3.86. The molecule has 108 valence electrons. The summed E-state index contributed by atoms with van der Waals surface area (Å²) in [5, 5.41) is 0. The van der Waals surface area contributed by atoms with E-state index in [-0.39, 0.29) is 6.10 Å². The van der Waals surface area contributed by atoms with Crippen LogP contribution in [0.15, 0.2) is 24.3 Å². The largest absolute Gasteiger partial charge is 0.497 e. The summed E-state index contributed by atoms with van der Waals surface area (Å²) in [6.45, 7) is 6.37. The van der Waals surface area contributed by atoms with Crippen molar-refractivity contribution in [2.45, 2.75) is 20.0 Å². The summed E-state index contributed by atoms with van der Waals surface area (Å²) < 4.78 is 17.5. The van der Waals surface area contributed by atoms with Crippen LogP contribution in [0.3, 0.4) is 0 Å². The standard InChI is InChI=1S/C15H23IO3/c1-12(2)11-18-8-9-19-15(10-16)13-4-6-14(17-3)7-5-13/h4-7,12,15H,8-11H2,1-3H3. The summed E-state index contributed by atoms with van der Waals surface area (Å²) in [6.07, 6.45) is 0.120. The monoisotopic (exact) mass is 378 g/mol. The minimum atomic E-state index is 0.120. The van der Waals surface area contributed by atoms with Crippen LogP contribution in [0.2, 0.25) is 0 Å². The van der Waals surface area contributed by atoms with Crippen LogP contribution in [0.5, 0.6) is 5.75 Å². The summed E-state index contributed by atoms with van der Waals surface area (Å²) in [5.74, 6) is 1.44. The van der Waals surface area contributed by atoms with E-state index in [1.165, 1.54) is 5.56 Å². The number of halogens is 1. The molecule has 1 unspecified atom stereocenters. The first-order chi connectivity index (χ1) is 9.17. The zero-order valence-corrected chi connectivity index (χ0v) is 14.1. The van der Waals surface area contributed by atoms with Crippen LogP contribution in [0.4, 0.5) is 0 Å². The van der Waals surface area contributed by atoms with Gasteiger partial charge in [0, 0.05) is 11.0 Å². The van der Waals surface area contributed by atoms with E-state index in [0.29, 0.717) is 19.1 Å². The highest BCUT2D eigenvalue weighted by Crippen LogP contribution is 2.22. The van der Waals surface area contributed by atoms with Crippen LogP contribution in [0, 0.1) is 5.92 Å². The van der Waals surface area contributed by atoms with Gasteiger partial charge in [-0.2, -0.15) is 0 Å². The Morgan fingerprint density at radius 1 is 1.11 bits per heavy atom. The summed E-state index contributed by atoms with van der Waals surface area (Å²) in [6, 6.07) is 8.04. The van der Waals surface area contributed by atoms with E-state index in [0.717, 1.165) is 16.8 Å². The molecule has 0 aliphatic carbocycles. The van der Waals surface area contributed by atoms with Crippen molar-refractivity contribution in [2.24, 2.45) is 5.92 Å². The van der Waals surface area contributed by atoms with Gasteiger partial charge < -0.3 is 14.2 Å². The number of rotatable bonds is 9. The minimum Gasteiger partial charge on any atom is -0.497 e. The fourth-order valence-corrected chi connectivity index (χ4v) is 2.38. The second-order valence-electron chi connectivity index (χ2n) is 4.76. The molecule has 0 radical (unpaired) electrons. The number of methoxy groups -OCH3 is 1. The van der Waals surface area contributed by atoms with Gasteiger partial charge in [0.05, 0.1) is 26.4 Å². The van der Waals surface area contributed by atoms with Gasteiger partial charge in [0.15, 0.2) is 0 Å². The molecule has 19 heavy (non-hydrogen) atoms. The normalized spacial score (nSPS) is 12.7. The van der Waals surface area contributed by atoms with Crippen molar-refractivity contribution in [3.05, 3.63) is 29.8 Å². The van der Waals surface area contributed by atoms with Gasteiger partial charge in [-0.05, 0) is 23.6 Å². The molecule has 4 heteroatoms. The Morgan fingerprint density at radius 2 is 1.79 bits per heavy atom. The molecule has 1 atom stereocenters. The van der Waals surface area contributed by atoms with Crippen LogP contribution >= 0.6 is 22.6 Å². The first kappa shape index (κ1) is 16.7. The van der Waals surface area contributed by atoms with Crippen molar-refractivity contribution in [3.63, 3.8) is 0 Å². The Bertz CT molecular complexity index is 338. The molecule has 0 fully saturated rings. The summed E-state index contributed by atoms with van der Waals surface area (Å²) in [5.41, 5.74) is 1.18. The lowest BCUT2D eigenvalue weighted by Crippen LogP contribution is -2.12. The van der Waals surface area contributed by atoms with Gasteiger partial charge in [0.25, 0.3) is 0 Å². The van der Waals surface area contributed by atoms with Gasteiger partial charge >= 0.3 is 0 Å². The SMILES string of the molecule is COc1ccc(C(CI)OCCOCC(C)C)cc1. The first-order valence-corrected chi connectivity index (χ1v) is 8.09. The van der Waals surface area contributed by atoms with E-state index in [1.807, 2.05) is 12.1 Å². The maximum atomic E-state index is 5.86. The van der Waals surface area contributed by atoms with Crippen molar-refractivity contribution in [1.29, 1.82) is 0 Å². The van der Waals surface area contributed by atoms with Crippen molar-refractivity contribution < 1.29 is 14.2 Å². The van der Waals surface area contributed by atoms with Gasteiger partial charge in [-0.1, -0.05) is 48.6 Å². The van der Waals surface area contributed by atoms with Gasteiger partial charge in [0.2, 0.25) is 0 Å². The third kappa shape index (κ3) is 6.58. The molecular weight excluding hydrogens is 355 g/mol. The fraction of sp³-hybridized carbons (Fsp3) is 0.600. The van der Waals surface area contributed by atoms with Crippen LogP contribution in [-0.2, 0) is 9.47 Å². The third-order valence-electron chi connectivity index (χ3n) is 2.63. The van der Waals surface area contributed by atoms with Crippen molar-refractivity contribution in [1.82, 2.24) is 0 Å². The number of hydrogen-bond acceptors (Lipinski definition) is 3. The zero-order chi connectivity index (χ0) is 14.1. The Balaban J connectivity index is 2.35. The number of ether oxygens (including phenoxy) is 3. The average Bonchev–Trinajstić information content (AvgIpc) is 2.43. The lowest BCUT2D eigenvalue weighted by atomic mass is 10.1. The number of alkyl halides is 1. The van der Waals surface area contributed by atoms with Crippen molar-refractivity contribution in [3.8, 4) is 5.75 Å². The molecule has 3 nitrogen and oxygen atoms in total. The Hall–Kier alpha value is -0.330. The van der Waals surface area contributed by atoms with Gasteiger partial charge in [-0.3, -0.25) is 0 Å². The van der Waals surface area contributed by atoms with E-state index in [4.69, 9.17) is 14.2 Å². The molecule has 0 spiro atoms.